The summed E-state index contributed by atoms with van der Waals surface area (Å²) in [6.45, 7) is 2.62. The zero-order valence-corrected chi connectivity index (χ0v) is 16.0. The van der Waals surface area contributed by atoms with E-state index in [2.05, 4.69) is 6.92 Å². The van der Waals surface area contributed by atoms with Crippen LogP contribution in [0.25, 0.3) is 5.65 Å². The summed E-state index contributed by atoms with van der Waals surface area (Å²) < 4.78 is 1.91. The molecule has 0 aliphatic rings. The molecule has 4 rings (SSSR count). The van der Waals surface area contributed by atoms with E-state index < -0.39 is 0 Å². The van der Waals surface area contributed by atoms with Gasteiger partial charge in [-0.1, -0.05) is 67.9 Å². The van der Waals surface area contributed by atoms with Gasteiger partial charge >= 0.3 is 0 Å². The molecular weight excluding hydrogens is 346 g/mol. The molecule has 4 nitrogen and oxygen atoms in total. The number of pyridine rings is 1. The first-order valence-corrected chi connectivity index (χ1v) is 9.64. The number of imidazole rings is 1. The van der Waals surface area contributed by atoms with Crippen molar-refractivity contribution in [2.75, 3.05) is 4.90 Å². The molecule has 2 aromatic heterocycles. The van der Waals surface area contributed by atoms with Crippen LogP contribution in [0.2, 0.25) is 0 Å². The fraction of sp³-hybridized carbons (Fsp3) is 0.167. The van der Waals surface area contributed by atoms with Crippen molar-refractivity contribution in [3.05, 3.63) is 102 Å². The quantitative estimate of drug-likeness (QED) is 0.472. The summed E-state index contributed by atoms with van der Waals surface area (Å²) in [5.41, 5.74) is 4.28. The maximum atomic E-state index is 13.8. The number of anilines is 1. The topological polar surface area (TPSA) is 37.6 Å². The normalized spacial score (nSPS) is 10.9. The van der Waals surface area contributed by atoms with Gasteiger partial charge in [0.1, 0.15) is 11.3 Å². The molecule has 0 aliphatic carbocycles. The van der Waals surface area contributed by atoms with Gasteiger partial charge in [-0.05, 0) is 36.2 Å². The van der Waals surface area contributed by atoms with Crippen LogP contribution in [-0.2, 0) is 13.0 Å². The Bertz CT molecular complexity index is 1070. The first-order valence-electron chi connectivity index (χ1n) is 9.64. The first-order chi connectivity index (χ1) is 13.8. The lowest BCUT2D eigenvalue weighted by Gasteiger charge is -2.23. The van der Waals surface area contributed by atoms with E-state index in [1.807, 2.05) is 94.4 Å². The molecule has 0 radical (unpaired) electrons. The number of nitrogens with zero attached hydrogens (tertiary/aromatic N) is 3. The second-order valence-electron chi connectivity index (χ2n) is 6.80. The fourth-order valence-electron chi connectivity index (χ4n) is 3.46. The molecular formula is C24H23N3O. The number of hydrogen-bond acceptors (Lipinski definition) is 2. The molecule has 140 valence electrons. The predicted octanol–water partition coefficient (Wildman–Crippen LogP) is 5.13. The summed E-state index contributed by atoms with van der Waals surface area (Å²) in [5, 5.41) is 0. The number of fused-ring (bicyclic) bond motifs is 1. The van der Waals surface area contributed by atoms with E-state index in [0.29, 0.717) is 12.2 Å². The lowest BCUT2D eigenvalue weighted by Crippen LogP contribution is -2.32. The van der Waals surface area contributed by atoms with E-state index in [-0.39, 0.29) is 5.91 Å². The van der Waals surface area contributed by atoms with Crippen molar-refractivity contribution in [1.82, 2.24) is 9.38 Å². The molecule has 0 saturated heterocycles. The molecule has 28 heavy (non-hydrogen) atoms. The van der Waals surface area contributed by atoms with Crippen LogP contribution in [0.4, 0.5) is 5.69 Å². The molecule has 2 aromatic carbocycles. The van der Waals surface area contributed by atoms with Gasteiger partial charge in [-0.25, -0.2) is 4.98 Å². The maximum absolute atomic E-state index is 13.8. The molecule has 0 N–H and O–H groups in total. The highest BCUT2D eigenvalue weighted by Crippen LogP contribution is 2.23. The maximum Gasteiger partial charge on any atom is 0.277 e. The summed E-state index contributed by atoms with van der Waals surface area (Å²) in [7, 11) is 0. The van der Waals surface area contributed by atoms with Gasteiger partial charge in [0.15, 0.2) is 0 Å². The van der Waals surface area contributed by atoms with Crippen molar-refractivity contribution in [3.8, 4) is 0 Å². The standard InChI is InChI=1S/C24H23N3O/c1-2-11-21-23(26-17-10-9-16-22(26)25-21)24(28)27(20-14-7-4-8-15-20)18-19-12-5-3-6-13-19/h3-10,12-17H,2,11,18H2,1H3. The molecule has 1 amide bonds. The number of carbonyl (C=O) groups excluding carboxylic acids is 1. The lowest BCUT2D eigenvalue weighted by atomic mass is 10.1. The van der Waals surface area contributed by atoms with Crippen molar-refractivity contribution >= 4 is 17.2 Å². The van der Waals surface area contributed by atoms with E-state index in [0.717, 1.165) is 35.4 Å². The van der Waals surface area contributed by atoms with E-state index in [1.165, 1.54) is 0 Å². The van der Waals surface area contributed by atoms with E-state index in [1.54, 1.807) is 0 Å². The van der Waals surface area contributed by atoms with Crippen LogP contribution < -0.4 is 4.90 Å². The average molecular weight is 369 g/mol. The first kappa shape index (κ1) is 18.0. The van der Waals surface area contributed by atoms with Gasteiger partial charge in [-0.2, -0.15) is 0 Å². The van der Waals surface area contributed by atoms with Crippen LogP contribution >= 0.6 is 0 Å². The predicted molar refractivity (Wildman–Crippen MR) is 113 cm³/mol. The summed E-state index contributed by atoms with van der Waals surface area (Å²) >= 11 is 0. The summed E-state index contributed by atoms with van der Waals surface area (Å²) in [6, 6.07) is 25.7. The summed E-state index contributed by atoms with van der Waals surface area (Å²) in [4.78, 5) is 20.3. The Morgan fingerprint density at radius 3 is 2.32 bits per heavy atom. The zero-order valence-electron chi connectivity index (χ0n) is 16.0. The van der Waals surface area contributed by atoms with Crippen LogP contribution in [0, 0.1) is 0 Å². The van der Waals surface area contributed by atoms with Gasteiger partial charge in [0.2, 0.25) is 0 Å². The Hall–Kier alpha value is -3.40. The van der Waals surface area contributed by atoms with Crippen molar-refractivity contribution in [3.63, 3.8) is 0 Å². The highest BCUT2D eigenvalue weighted by atomic mass is 16.2. The second kappa shape index (κ2) is 8.09. The molecule has 0 bridgehead atoms. The van der Waals surface area contributed by atoms with Crippen molar-refractivity contribution in [1.29, 1.82) is 0 Å². The van der Waals surface area contributed by atoms with Gasteiger partial charge in [0, 0.05) is 11.9 Å². The smallest absolute Gasteiger partial charge is 0.277 e. The third-order valence-corrected chi connectivity index (χ3v) is 4.79. The minimum Gasteiger partial charge on any atom is -0.303 e. The van der Waals surface area contributed by atoms with Crippen LogP contribution in [0.3, 0.4) is 0 Å². The molecule has 0 unspecified atom stereocenters. The summed E-state index contributed by atoms with van der Waals surface area (Å²) in [6.07, 6.45) is 3.63. The third-order valence-electron chi connectivity index (χ3n) is 4.79. The molecule has 4 heteroatoms. The second-order valence-corrected chi connectivity index (χ2v) is 6.80. The van der Waals surface area contributed by atoms with Crippen molar-refractivity contribution in [2.24, 2.45) is 0 Å². The van der Waals surface area contributed by atoms with Gasteiger partial charge in [-0.15, -0.1) is 0 Å². The molecule has 0 saturated carbocycles. The highest BCUT2D eigenvalue weighted by molar-refractivity contribution is 6.06. The molecule has 0 aliphatic heterocycles. The number of aryl methyl sites for hydroxylation is 1. The Balaban J connectivity index is 1.82. The van der Waals surface area contributed by atoms with Crippen molar-refractivity contribution < 1.29 is 4.79 Å². The molecule has 4 aromatic rings. The number of rotatable bonds is 6. The number of amides is 1. The number of aromatic nitrogens is 2. The number of benzene rings is 2. The van der Waals surface area contributed by atoms with Crippen LogP contribution in [0.1, 0.15) is 35.1 Å². The largest absolute Gasteiger partial charge is 0.303 e. The van der Waals surface area contributed by atoms with E-state index >= 15 is 0 Å². The Kier molecular flexibility index (Phi) is 5.20. The molecule has 0 spiro atoms. The van der Waals surface area contributed by atoms with E-state index in [9.17, 15) is 4.79 Å². The Morgan fingerprint density at radius 1 is 0.929 bits per heavy atom. The molecule has 0 atom stereocenters. The molecule has 0 fully saturated rings. The fourth-order valence-corrected chi connectivity index (χ4v) is 3.46. The van der Waals surface area contributed by atoms with Crippen LogP contribution in [0.15, 0.2) is 85.1 Å². The minimum atomic E-state index is -0.0304. The third kappa shape index (κ3) is 3.54. The summed E-state index contributed by atoms with van der Waals surface area (Å²) in [5.74, 6) is -0.0304. The molecule has 2 heterocycles. The highest BCUT2D eigenvalue weighted by Gasteiger charge is 2.25. The zero-order chi connectivity index (χ0) is 19.3. The van der Waals surface area contributed by atoms with Crippen LogP contribution in [-0.4, -0.2) is 15.3 Å². The number of para-hydroxylation sites is 1. The van der Waals surface area contributed by atoms with Gasteiger partial charge in [0.25, 0.3) is 5.91 Å². The van der Waals surface area contributed by atoms with Crippen LogP contribution in [0.5, 0.6) is 0 Å². The number of hydrogen-bond donors (Lipinski definition) is 0. The average Bonchev–Trinajstić information content (AvgIpc) is 3.11. The lowest BCUT2D eigenvalue weighted by molar-refractivity contribution is 0.0978. The number of carbonyl (C=O) groups is 1. The van der Waals surface area contributed by atoms with Crippen molar-refractivity contribution in [2.45, 2.75) is 26.3 Å². The van der Waals surface area contributed by atoms with Gasteiger partial charge in [-0.3, -0.25) is 9.20 Å². The van der Waals surface area contributed by atoms with E-state index in [4.69, 9.17) is 4.98 Å². The Labute approximate surface area is 165 Å². The van der Waals surface area contributed by atoms with Gasteiger partial charge < -0.3 is 4.90 Å². The van der Waals surface area contributed by atoms with Gasteiger partial charge in [0.05, 0.1) is 12.2 Å². The minimum absolute atomic E-state index is 0.0304. The Morgan fingerprint density at radius 2 is 1.61 bits per heavy atom. The SMILES string of the molecule is CCCc1nc2ccccn2c1C(=O)N(Cc1ccccc1)c1ccccc1. The monoisotopic (exact) mass is 369 g/mol.